The molecule has 2 N–H and O–H groups in total. The van der Waals surface area contributed by atoms with E-state index in [0.717, 1.165) is 60.4 Å². The number of nitrogens with one attached hydrogen (secondary N) is 2. The van der Waals surface area contributed by atoms with Gasteiger partial charge in [-0.15, -0.1) is 0 Å². The molecule has 3 aromatic carbocycles. The lowest BCUT2D eigenvalue weighted by molar-refractivity contribution is 0.206. The SMILES string of the molecule is C/C=S(\Nc1ccccc1OC)c1ccc(NC(=O)N2CCc3c(OC)ccc(N4CCN(C)CC4)c3C2)cc1. The summed E-state index contributed by atoms with van der Waals surface area (Å²) < 4.78 is 14.8. The number of rotatable bonds is 7. The van der Waals surface area contributed by atoms with Crippen molar-refractivity contribution in [2.75, 3.05) is 68.9 Å². The molecular formula is C31H39N5O3S. The average molecular weight is 562 g/mol. The van der Waals surface area contributed by atoms with Gasteiger partial charge in [0.2, 0.25) is 0 Å². The van der Waals surface area contributed by atoms with Crippen LogP contribution in [0.5, 0.6) is 11.5 Å². The van der Waals surface area contributed by atoms with E-state index in [4.69, 9.17) is 9.47 Å². The predicted molar refractivity (Wildman–Crippen MR) is 166 cm³/mol. The Kier molecular flexibility index (Phi) is 8.81. The maximum atomic E-state index is 13.4. The maximum Gasteiger partial charge on any atom is 0.322 e. The number of amides is 2. The van der Waals surface area contributed by atoms with E-state index in [2.05, 4.69) is 56.5 Å². The van der Waals surface area contributed by atoms with E-state index in [1.165, 1.54) is 16.8 Å². The van der Waals surface area contributed by atoms with Gasteiger partial charge in [0.15, 0.2) is 0 Å². The number of hydrogen-bond donors (Lipinski definition) is 2. The van der Waals surface area contributed by atoms with Crippen LogP contribution in [0.15, 0.2) is 65.6 Å². The standard InChI is InChI=1S/C31H39N5O3S/c1-5-40(33-27-8-6-7-9-30(27)39-4)24-12-10-23(11-13-24)32-31(37)36-17-16-25-26(22-36)28(14-15-29(25)38-3)35-20-18-34(2)19-21-35/h5-15,33H,16-22H2,1-4H3,(H,32,37). The normalized spacial score (nSPS) is 16.3. The molecule has 0 radical (unpaired) electrons. The number of methoxy groups -OCH3 is 2. The van der Waals surface area contributed by atoms with E-state index >= 15 is 0 Å². The lowest BCUT2D eigenvalue weighted by Crippen LogP contribution is -2.46. The van der Waals surface area contributed by atoms with Gasteiger partial charge in [-0.25, -0.2) is 4.79 Å². The fourth-order valence-corrected chi connectivity index (χ4v) is 6.67. The molecule has 0 aliphatic carbocycles. The summed E-state index contributed by atoms with van der Waals surface area (Å²) in [6.07, 6.45) is 0.774. The third-order valence-corrected chi connectivity index (χ3v) is 9.31. The van der Waals surface area contributed by atoms with E-state index in [1.54, 1.807) is 14.2 Å². The van der Waals surface area contributed by atoms with Crippen LogP contribution in [0.2, 0.25) is 0 Å². The van der Waals surface area contributed by atoms with Crippen molar-refractivity contribution >= 4 is 39.1 Å². The second-order valence-electron chi connectivity index (χ2n) is 10.0. The monoisotopic (exact) mass is 561 g/mol. The van der Waals surface area contributed by atoms with Gasteiger partial charge in [-0.1, -0.05) is 22.8 Å². The summed E-state index contributed by atoms with van der Waals surface area (Å²) in [5, 5.41) is 5.25. The Morgan fingerprint density at radius 2 is 1.60 bits per heavy atom. The number of para-hydroxylation sites is 2. The van der Waals surface area contributed by atoms with E-state index in [0.29, 0.717) is 13.1 Å². The number of likely N-dealkylation sites (N-methyl/N-ethyl adjacent to an activating group) is 1. The number of hydrogen-bond acceptors (Lipinski definition) is 6. The van der Waals surface area contributed by atoms with Gasteiger partial charge >= 0.3 is 6.03 Å². The van der Waals surface area contributed by atoms with E-state index in [1.807, 2.05) is 48.2 Å². The van der Waals surface area contributed by atoms with Gasteiger partial charge in [-0.3, -0.25) is 0 Å². The number of urea groups is 1. The fraction of sp³-hybridized carbons (Fsp3) is 0.355. The molecule has 9 heteroatoms. The molecule has 2 heterocycles. The van der Waals surface area contributed by atoms with Gasteiger partial charge in [-0.05, 0) is 74.3 Å². The molecule has 0 saturated carbocycles. The smallest absolute Gasteiger partial charge is 0.322 e. The molecule has 1 atom stereocenters. The molecule has 1 unspecified atom stereocenters. The van der Waals surface area contributed by atoms with Crippen LogP contribution < -0.4 is 24.4 Å². The second-order valence-corrected chi connectivity index (χ2v) is 11.9. The molecule has 0 spiro atoms. The minimum absolute atomic E-state index is 0.0845. The zero-order chi connectivity index (χ0) is 28.1. The van der Waals surface area contributed by atoms with Crippen molar-refractivity contribution in [1.29, 1.82) is 0 Å². The highest BCUT2D eigenvalue weighted by molar-refractivity contribution is 8.16. The minimum Gasteiger partial charge on any atom is -0.496 e. The van der Waals surface area contributed by atoms with Crippen LogP contribution in [0.1, 0.15) is 18.1 Å². The Labute approximate surface area is 239 Å². The Bertz CT molecular complexity index is 1370. The lowest BCUT2D eigenvalue weighted by Gasteiger charge is -2.38. The van der Waals surface area contributed by atoms with Gasteiger partial charge in [0.25, 0.3) is 0 Å². The highest BCUT2D eigenvalue weighted by Crippen LogP contribution is 2.37. The summed E-state index contributed by atoms with van der Waals surface area (Å²) in [5.41, 5.74) is 5.36. The fourth-order valence-electron chi connectivity index (χ4n) is 5.32. The Balaban J connectivity index is 1.28. The Hall–Kier alpha value is -3.69. The summed E-state index contributed by atoms with van der Waals surface area (Å²) in [5.74, 6) is 1.72. The van der Waals surface area contributed by atoms with Gasteiger partial charge in [0.05, 0.1) is 19.9 Å². The summed E-state index contributed by atoms with van der Waals surface area (Å²) in [6.45, 7) is 7.29. The lowest BCUT2D eigenvalue weighted by atomic mass is 9.96. The van der Waals surface area contributed by atoms with Crippen LogP contribution in [-0.4, -0.2) is 75.2 Å². The third-order valence-electron chi connectivity index (χ3n) is 7.62. The molecule has 40 heavy (non-hydrogen) atoms. The van der Waals surface area contributed by atoms with E-state index in [9.17, 15) is 4.79 Å². The molecule has 2 amide bonds. The van der Waals surface area contributed by atoms with E-state index in [-0.39, 0.29) is 16.7 Å². The van der Waals surface area contributed by atoms with Crippen LogP contribution in [0.3, 0.4) is 0 Å². The topological polar surface area (TPSA) is 69.3 Å². The number of nitrogens with zero attached hydrogens (tertiary/aromatic N) is 3. The van der Waals surface area contributed by atoms with E-state index < -0.39 is 0 Å². The van der Waals surface area contributed by atoms with Crippen molar-refractivity contribution in [2.24, 2.45) is 0 Å². The quantitative estimate of drug-likeness (QED) is 0.370. The molecule has 2 aliphatic rings. The molecule has 3 aromatic rings. The number of carbonyl (C=O) groups is 1. The highest BCUT2D eigenvalue weighted by atomic mass is 32.2. The largest absolute Gasteiger partial charge is 0.496 e. The van der Waals surface area contributed by atoms with Crippen LogP contribution in [0.4, 0.5) is 21.9 Å². The minimum atomic E-state index is -0.316. The summed E-state index contributed by atoms with van der Waals surface area (Å²) in [6, 6.07) is 20.1. The Morgan fingerprint density at radius 1 is 0.875 bits per heavy atom. The molecule has 1 fully saturated rings. The van der Waals surface area contributed by atoms with Gasteiger partial charge in [0, 0.05) is 66.7 Å². The van der Waals surface area contributed by atoms with Crippen molar-refractivity contribution in [2.45, 2.75) is 24.8 Å². The third kappa shape index (κ3) is 6.05. The first-order valence-corrected chi connectivity index (χ1v) is 15.0. The van der Waals surface area contributed by atoms with Crippen molar-refractivity contribution in [3.63, 3.8) is 0 Å². The molecule has 0 bridgehead atoms. The van der Waals surface area contributed by atoms with Crippen LogP contribution in [0, 0.1) is 0 Å². The molecule has 212 valence electrons. The van der Waals surface area contributed by atoms with Crippen molar-refractivity contribution in [1.82, 2.24) is 9.80 Å². The number of benzene rings is 3. The number of ether oxygens (including phenoxy) is 2. The maximum absolute atomic E-state index is 13.4. The van der Waals surface area contributed by atoms with Gasteiger partial charge < -0.3 is 34.2 Å². The number of carbonyl (C=O) groups excluding carboxylic acids is 1. The average Bonchev–Trinajstić information content (AvgIpc) is 3.00. The van der Waals surface area contributed by atoms with Crippen molar-refractivity contribution in [3.05, 3.63) is 71.8 Å². The first-order chi connectivity index (χ1) is 19.5. The zero-order valence-corrected chi connectivity index (χ0v) is 24.6. The highest BCUT2D eigenvalue weighted by Gasteiger charge is 2.28. The van der Waals surface area contributed by atoms with Crippen LogP contribution in [0.25, 0.3) is 0 Å². The van der Waals surface area contributed by atoms with Gasteiger partial charge in [0.1, 0.15) is 11.5 Å². The first kappa shape index (κ1) is 27.9. The van der Waals surface area contributed by atoms with Gasteiger partial charge in [-0.2, -0.15) is 0 Å². The summed E-state index contributed by atoms with van der Waals surface area (Å²) in [4.78, 5) is 21.2. The van der Waals surface area contributed by atoms with Crippen molar-refractivity contribution < 1.29 is 14.3 Å². The molecular weight excluding hydrogens is 522 g/mol. The molecule has 5 rings (SSSR count). The summed E-state index contributed by atoms with van der Waals surface area (Å²) in [7, 11) is 5.25. The van der Waals surface area contributed by atoms with Crippen LogP contribution in [-0.2, 0) is 13.0 Å². The summed E-state index contributed by atoms with van der Waals surface area (Å²) >= 11 is 0. The zero-order valence-electron chi connectivity index (χ0n) is 23.8. The number of anilines is 3. The Morgan fingerprint density at radius 3 is 2.30 bits per heavy atom. The molecule has 2 aliphatic heterocycles. The van der Waals surface area contributed by atoms with Crippen LogP contribution >= 0.6 is 10.7 Å². The molecule has 0 aromatic heterocycles. The van der Waals surface area contributed by atoms with Crippen molar-refractivity contribution in [3.8, 4) is 11.5 Å². The first-order valence-electron chi connectivity index (χ1n) is 13.7. The molecule has 8 nitrogen and oxygen atoms in total. The number of piperazine rings is 1. The molecule has 1 saturated heterocycles. The second kappa shape index (κ2) is 12.7. The predicted octanol–water partition coefficient (Wildman–Crippen LogP) is 5.52. The number of fused-ring (bicyclic) bond motifs is 1.